The summed E-state index contributed by atoms with van der Waals surface area (Å²) >= 11 is 0. The van der Waals surface area contributed by atoms with Gasteiger partial charge in [0, 0.05) is 17.4 Å². The molecule has 0 unspecified atom stereocenters. The van der Waals surface area contributed by atoms with E-state index < -0.39 is 23.8 Å². The van der Waals surface area contributed by atoms with Gasteiger partial charge in [0.25, 0.3) is 0 Å². The number of hydrogen-bond acceptors (Lipinski definition) is 6. The Hall–Kier alpha value is -4.47. The number of anilines is 2. The molecule has 0 aliphatic carbocycles. The quantitative estimate of drug-likeness (QED) is 0.126. The number of nitrogens with zero attached hydrogens (tertiary/aromatic N) is 6. The van der Waals surface area contributed by atoms with Gasteiger partial charge in [-0.1, -0.05) is 72.3 Å². The Labute approximate surface area is 241 Å². The van der Waals surface area contributed by atoms with Gasteiger partial charge in [-0.3, -0.25) is 13.8 Å². The monoisotopic (exact) mass is 718 g/mol. The summed E-state index contributed by atoms with van der Waals surface area (Å²) in [5.41, 5.74) is 2.14. The summed E-state index contributed by atoms with van der Waals surface area (Å²) < 4.78 is 52.7. The first kappa shape index (κ1) is 28.5. The van der Waals surface area contributed by atoms with Crippen molar-refractivity contribution in [2.45, 2.75) is 0 Å². The maximum atomic E-state index is 14.0. The number of hydrazone groups is 1. The van der Waals surface area contributed by atoms with E-state index in [1.807, 2.05) is 65.6 Å². The van der Waals surface area contributed by atoms with Crippen LogP contribution in [0, 0.1) is 42.6 Å². The topological polar surface area (TPSA) is 57.5 Å². The van der Waals surface area contributed by atoms with Crippen molar-refractivity contribution in [3.05, 3.63) is 145 Å². The first-order chi connectivity index (χ1) is 19.0. The molecule has 40 heavy (non-hydrogen) atoms. The van der Waals surface area contributed by atoms with Crippen LogP contribution in [0.4, 0.5) is 28.9 Å². The van der Waals surface area contributed by atoms with Crippen LogP contribution in [0.3, 0.4) is 0 Å². The van der Waals surface area contributed by atoms with E-state index in [1.54, 1.807) is 24.9 Å². The molecule has 0 atom stereocenters. The number of rotatable bonds is 4. The maximum absolute atomic E-state index is 14.0. The maximum Gasteiger partial charge on any atom is 3.00 e. The summed E-state index contributed by atoms with van der Waals surface area (Å²) in [4.78, 5) is 12.0. The van der Waals surface area contributed by atoms with Gasteiger partial charge >= 0.3 is 20.1 Å². The van der Waals surface area contributed by atoms with Crippen molar-refractivity contribution in [3.63, 3.8) is 0 Å². The van der Waals surface area contributed by atoms with Crippen LogP contribution in [0.2, 0.25) is 0 Å². The van der Waals surface area contributed by atoms with E-state index in [0.29, 0.717) is 11.5 Å². The number of pyridine rings is 3. The van der Waals surface area contributed by atoms with Gasteiger partial charge in [-0.2, -0.15) is 11.2 Å². The van der Waals surface area contributed by atoms with E-state index in [9.17, 15) is 17.6 Å². The number of amidine groups is 1. The third-order valence-electron chi connectivity index (χ3n) is 5.35. The molecule has 0 fully saturated rings. The molecule has 0 radical (unpaired) electrons. The van der Waals surface area contributed by atoms with Gasteiger partial charge in [-0.15, -0.1) is 18.8 Å². The Morgan fingerprint density at radius 3 is 1.95 bits per heavy atom. The van der Waals surface area contributed by atoms with Crippen LogP contribution >= 0.6 is 0 Å². The van der Waals surface area contributed by atoms with Crippen LogP contribution in [0.15, 0.2) is 102 Å². The van der Waals surface area contributed by atoms with Crippen LogP contribution in [0.5, 0.6) is 0 Å². The number of benzene rings is 2. The fraction of sp³-hybridized carbons (Fsp3) is 0. The second kappa shape index (κ2) is 13.1. The molecule has 0 spiro atoms. The second-order valence-corrected chi connectivity index (χ2v) is 7.92. The van der Waals surface area contributed by atoms with Crippen molar-refractivity contribution in [1.29, 1.82) is 0 Å². The smallest absolute Gasteiger partial charge is 0.456 e. The number of aromatic nitrogens is 3. The van der Waals surface area contributed by atoms with E-state index in [2.05, 4.69) is 32.2 Å². The van der Waals surface area contributed by atoms with Gasteiger partial charge in [0.05, 0.1) is 5.95 Å². The zero-order valence-corrected chi connectivity index (χ0v) is 22.7. The van der Waals surface area contributed by atoms with Gasteiger partial charge in [0.15, 0.2) is 0 Å². The summed E-state index contributed by atoms with van der Waals surface area (Å²) in [6, 6.07) is 31.0. The zero-order chi connectivity index (χ0) is 27.2. The number of hydrogen-bond donors (Lipinski definition) is 0. The first-order valence-electron chi connectivity index (χ1n) is 11.5. The van der Waals surface area contributed by atoms with Gasteiger partial charge in [0.1, 0.15) is 23.7 Å². The Morgan fingerprint density at radius 2 is 1.32 bits per heavy atom. The Morgan fingerprint density at radius 1 is 0.700 bits per heavy atom. The van der Waals surface area contributed by atoms with Gasteiger partial charge in [-0.25, -0.2) is 8.78 Å². The summed E-state index contributed by atoms with van der Waals surface area (Å²) in [6.45, 7) is 1.62. The summed E-state index contributed by atoms with van der Waals surface area (Å²) in [5, 5.41) is 5.77. The van der Waals surface area contributed by atoms with E-state index in [0.717, 1.165) is 23.4 Å². The van der Waals surface area contributed by atoms with Gasteiger partial charge in [-0.05, 0) is 29.6 Å². The first-order valence-corrected chi connectivity index (χ1v) is 11.5. The molecule has 3 aromatic heterocycles. The molecule has 11 heteroatoms. The molecule has 4 heterocycles. The fourth-order valence-corrected chi connectivity index (χ4v) is 3.60. The summed E-state index contributed by atoms with van der Waals surface area (Å²) in [6.07, 6.45) is 1.52. The predicted molar refractivity (Wildman–Crippen MR) is 138 cm³/mol. The minimum Gasteiger partial charge on any atom is -0.456 e. The molecular formula is C29H17F4IrN6. The van der Waals surface area contributed by atoms with Crippen molar-refractivity contribution in [2.75, 3.05) is 9.91 Å². The number of para-hydroxylation sites is 1. The average Bonchev–Trinajstić information content (AvgIpc) is 3.40. The minimum absolute atomic E-state index is 0. The van der Waals surface area contributed by atoms with Crippen molar-refractivity contribution in [1.82, 2.24) is 15.0 Å². The fourth-order valence-electron chi connectivity index (χ4n) is 3.60. The van der Waals surface area contributed by atoms with E-state index in [4.69, 9.17) is 0 Å². The van der Waals surface area contributed by atoms with E-state index in [-0.39, 0.29) is 31.4 Å². The van der Waals surface area contributed by atoms with Crippen molar-refractivity contribution >= 4 is 17.2 Å². The molecule has 0 saturated carbocycles. The normalized spacial score (nSPS) is 12.2. The van der Waals surface area contributed by atoms with Crippen LogP contribution in [0.25, 0.3) is 11.3 Å². The molecule has 0 saturated heterocycles. The molecule has 5 aromatic rings. The summed E-state index contributed by atoms with van der Waals surface area (Å²) in [7, 11) is 0. The SMILES string of the molecule is Fc1c[c-]c(-c2ccccn2)c(F)n1.Fc1c[c-]c(N2[CH-]N(c3ccccc3)C(c3ccccc3)=N2)c(F)n1.[Ir+3]. The van der Waals surface area contributed by atoms with Crippen molar-refractivity contribution in [3.8, 4) is 11.3 Å². The van der Waals surface area contributed by atoms with E-state index in [1.165, 1.54) is 11.2 Å². The van der Waals surface area contributed by atoms with Crippen LogP contribution in [0.1, 0.15) is 5.56 Å². The Kier molecular flexibility index (Phi) is 9.31. The summed E-state index contributed by atoms with van der Waals surface area (Å²) in [5.74, 6) is -3.07. The van der Waals surface area contributed by atoms with Crippen molar-refractivity contribution in [2.24, 2.45) is 5.10 Å². The zero-order valence-electron chi connectivity index (χ0n) is 20.3. The standard InChI is InChI=1S/C19H12F2N4.C10H5F2N2.Ir/c20-17-12-11-16(18(21)22-17)25-13-24(15-9-5-2-6-10-15)19(23-25)14-7-3-1-4-8-14;11-9-5-4-7(10(12)14-9)8-3-1-2-6-13-8;/h1-10,12-13H;1-3,5-6H;/q-2;-1;+3. The van der Waals surface area contributed by atoms with Crippen LogP contribution in [-0.4, -0.2) is 20.8 Å². The van der Waals surface area contributed by atoms with Gasteiger partial charge < -0.3 is 19.9 Å². The average molecular weight is 718 g/mol. The molecule has 6 rings (SSSR count). The van der Waals surface area contributed by atoms with Crippen molar-refractivity contribution < 1.29 is 37.7 Å². The number of halogens is 4. The largest absolute Gasteiger partial charge is 3.00 e. The third-order valence-corrected chi connectivity index (χ3v) is 5.35. The third kappa shape index (κ3) is 6.56. The molecule has 1 aliphatic rings. The molecule has 0 amide bonds. The minimum atomic E-state index is -0.970. The predicted octanol–water partition coefficient (Wildman–Crippen LogP) is 6.19. The van der Waals surface area contributed by atoms with E-state index >= 15 is 0 Å². The van der Waals surface area contributed by atoms with Crippen LogP contribution in [-0.2, 0) is 20.1 Å². The van der Waals surface area contributed by atoms with Crippen LogP contribution < -0.4 is 9.91 Å². The second-order valence-electron chi connectivity index (χ2n) is 7.92. The molecule has 6 nitrogen and oxygen atoms in total. The molecule has 0 N–H and O–H groups in total. The Bertz CT molecular complexity index is 1590. The molecular weight excluding hydrogens is 701 g/mol. The molecule has 2 aromatic carbocycles. The molecule has 200 valence electrons. The van der Waals surface area contributed by atoms with Gasteiger partial charge in [0.2, 0.25) is 0 Å². The molecule has 0 bridgehead atoms. The molecule has 1 aliphatic heterocycles. The Balaban J connectivity index is 0.000000210.